The fourth-order valence-corrected chi connectivity index (χ4v) is 3.96. The van der Waals surface area contributed by atoms with Crippen molar-refractivity contribution in [1.82, 2.24) is 29.5 Å². The fraction of sp³-hybridized carbons (Fsp3) is 0.435. The van der Waals surface area contributed by atoms with Crippen molar-refractivity contribution in [2.24, 2.45) is 13.0 Å². The number of hydrogen-bond donors (Lipinski definition) is 1. The Balaban J connectivity index is 1.56. The zero-order chi connectivity index (χ0) is 21.1. The van der Waals surface area contributed by atoms with Gasteiger partial charge in [-0.2, -0.15) is 5.10 Å². The van der Waals surface area contributed by atoms with Gasteiger partial charge in [0.15, 0.2) is 0 Å². The first-order valence-corrected chi connectivity index (χ1v) is 10.6. The summed E-state index contributed by atoms with van der Waals surface area (Å²) in [4.78, 5) is 20.0. The van der Waals surface area contributed by atoms with Crippen LogP contribution in [0.3, 0.4) is 0 Å². The number of hydrogen-bond acceptors (Lipinski definition) is 4. The van der Waals surface area contributed by atoms with Crippen molar-refractivity contribution >= 4 is 5.91 Å². The van der Waals surface area contributed by atoms with Gasteiger partial charge in [0.2, 0.25) is 0 Å². The molecule has 0 aliphatic carbocycles. The first-order chi connectivity index (χ1) is 14.5. The lowest BCUT2D eigenvalue weighted by Crippen LogP contribution is -2.39. The van der Waals surface area contributed by atoms with Crippen LogP contribution in [0.25, 0.3) is 0 Å². The van der Waals surface area contributed by atoms with Gasteiger partial charge in [-0.1, -0.05) is 44.2 Å². The van der Waals surface area contributed by atoms with Crippen molar-refractivity contribution in [2.75, 3.05) is 13.1 Å². The second kappa shape index (κ2) is 8.83. The van der Waals surface area contributed by atoms with Gasteiger partial charge >= 0.3 is 0 Å². The lowest BCUT2D eigenvalue weighted by atomic mass is 10.0. The van der Waals surface area contributed by atoms with E-state index in [9.17, 15) is 4.79 Å². The molecule has 0 spiro atoms. The zero-order valence-electron chi connectivity index (χ0n) is 18.0. The summed E-state index contributed by atoms with van der Waals surface area (Å²) in [6, 6.07) is 10.5. The molecule has 1 N–H and O–H groups in total. The average Bonchev–Trinajstić information content (AvgIpc) is 3.36. The van der Waals surface area contributed by atoms with E-state index in [1.165, 1.54) is 5.56 Å². The highest BCUT2D eigenvalue weighted by molar-refractivity contribution is 5.92. The number of imidazole rings is 1. The highest BCUT2D eigenvalue weighted by Crippen LogP contribution is 2.32. The summed E-state index contributed by atoms with van der Waals surface area (Å²) in [5.74, 6) is 1.45. The molecule has 1 aliphatic heterocycles. The largest absolute Gasteiger partial charge is 0.346 e. The van der Waals surface area contributed by atoms with Crippen LogP contribution >= 0.6 is 0 Å². The number of aryl methyl sites for hydroxylation is 1. The molecule has 1 aromatic carbocycles. The molecule has 7 heteroatoms. The molecule has 0 bridgehead atoms. The number of aromatic nitrogens is 4. The van der Waals surface area contributed by atoms with Crippen molar-refractivity contribution in [3.05, 3.63) is 71.6 Å². The minimum absolute atomic E-state index is 0.0681. The number of carbonyl (C=O) groups excluding carboxylic acids is 1. The monoisotopic (exact) mass is 406 g/mol. The van der Waals surface area contributed by atoms with Crippen molar-refractivity contribution in [1.29, 1.82) is 0 Å². The predicted molar refractivity (Wildman–Crippen MR) is 116 cm³/mol. The van der Waals surface area contributed by atoms with Crippen LogP contribution in [0, 0.1) is 5.92 Å². The van der Waals surface area contributed by atoms with Crippen molar-refractivity contribution in [3.63, 3.8) is 0 Å². The molecule has 1 amide bonds. The molecule has 3 aromatic rings. The Hall–Kier alpha value is -2.93. The van der Waals surface area contributed by atoms with Crippen molar-refractivity contribution in [3.8, 4) is 0 Å². The third-order valence-electron chi connectivity index (χ3n) is 5.60. The molecule has 0 radical (unpaired) electrons. The van der Waals surface area contributed by atoms with E-state index < -0.39 is 0 Å². The predicted octanol–water partition coefficient (Wildman–Crippen LogP) is 3.00. The molecule has 0 saturated carbocycles. The summed E-state index contributed by atoms with van der Waals surface area (Å²) in [6.07, 6.45) is 6.69. The van der Waals surface area contributed by atoms with Gasteiger partial charge in [0.05, 0.1) is 12.2 Å². The normalized spacial score (nSPS) is 16.6. The van der Waals surface area contributed by atoms with Gasteiger partial charge in [-0.05, 0) is 24.4 Å². The minimum Gasteiger partial charge on any atom is -0.346 e. The maximum atomic E-state index is 12.8. The van der Waals surface area contributed by atoms with E-state index in [2.05, 4.69) is 58.0 Å². The Morgan fingerprint density at radius 3 is 2.70 bits per heavy atom. The van der Waals surface area contributed by atoms with Gasteiger partial charge in [0, 0.05) is 44.6 Å². The van der Waals surface area contributed by atoms with Crippen LogP contribution < -0.4 is 5.32 Å². The van der Waals surface area contributed by atoms with E-state index in [1.54, 1.807) is 10.9 Å². The van der Waals surface area contributed by atoms with Gasteiger partial charge in [0.25, 0.3) is 5.91 Å². The van der Waals surface area contributed by atoms with E-state index >= 15 is 0 Å². The maximum absolute atomic E-state index is 12.8. The first-order valence-electron chi connectivity index (χ1n) is 10.6. The molecule has 4 rings (SSSR count). The van der Waals surface area contributed by atoms with E-state index in [0.29, 0.717) is 18.2 Å². The molecule has 30 heavy (non-hydrogen) atoms. The van der Waals surface area contributed by atoms with Crippen LogP contribution in [-0.2, 0) is 20.1 Å². The van der Waals surface area contributed by atoms with Crippen LogP contribution in [0.4, 0.5) is 0 Å². The molecule has 2 aromatic heterocycles. The lowest BCUT2D eigenvalue weighted by molar-refractivity contribution is 0.0946. The second-order valence-electron chi connectivity index (χ2n) is 8.41. The molecular formula is C23H30N6O. The highest BCUT2D eigenvalue weighted by atomic mass is 16.1. The topological polar surface area (TPSA) is 68.0 Å². The molecular weight excluding hydrogens is 376 g/mol. The van der Waals surface area contributed by atoms with Crippen molar-refractivity contribution in [2.45, 2.75) is 39.4 Å². The number of rotatable bonds is 7. The van der Waals surface area contributed by atoms with Gasteiger partial charge in [-0.15, -0.1) is 0 Å². The molecule has 7 nitrogen and oxygen atoms in total. The molecule has 1 aliphatic rings. The van der Waals surface area contributed by atoms with Gasteiger partial charge < -0.3 is 9.88 Å². The molecule has 158 valence electrons. The summed E-state index contributed by atoms with van der Waals surface area (Å²) in [7, 11) is 1.86. The van der Waals surface area contributed by atoms with E-state index in [-0.39, 0.29) is 11.9 Å². The number of amides is 1. The quantitative estimate of drug-likeness (QED) is 0.655. The number of benzene rings is 1. The minimum atomic E-state index is -0.152. The smallest absolute Gasteiger partial charge is 0.271 e. The van der Waals surface area contributed by atoms with E-state index in [1.807, 2.05) is 25.5 Å². The molecule has 1 unspecified atom stereocenters. The number of fused-ring (bicyclic) bond motifs is 1. The Kier molecular flexibility index (Phi) is 5.99. The number of nitrogens with one attached hydrogen (secondary N) is 1. The Morgan fingerprint density at radius 1 is 1.20 bits per heavy atom. The van der Waals surface area contributed by atoms with Gasteiger partial charge in [-0.25, -0.2) is 4.98 Å². The number of nitrogens with zero attached hydrogens (tertiary/aromatic N) is 5. The molecule has 0 fully saturated rings. The summed E-state index contributed by atoms with van der Waals surface area (Å²) < 4.78 is 3.87. The summed E-state index contributed by atoms with van der Waals surface area (Å²) >= 11 is 0. The van der Waals surface area contributed by atoms with Gasteiger partial charge in [0.1, 0.15) is 11.5 Å². The third-order valence-corrected chi connectivity index (χ3v) is 5.60. The van der Waals surface area contributed by atoms with Crippen LogP contribution in [0.1, 0.15) is 53.7 Å². The Bertz CT molecular complexity index is 990. The van der Waals surface area contributed by atoms with Crippen LogP contribution in [-0.4, -0.2) is 43.2 Å². The third kappa shape index (κ3) is 4.46. The Labute approximate surface area is 177 Å². The van der Waals surface area contributed by atoms with Crippen LogP contribution in [0.2, 0.25) is 0 Å². The molecule has 0 saturated heterocycles. The second-order valence-corrected chi connectivity index (χ2v) is 8.41. The first kappa shape index (κ1) is 20.3. The maximum Gasteiger partial charge on any atom is 0.271 e. The standard InChI is InChI=1S/C23H30N6O/c1-17(2)9-10-28-11-12-29-16-20(23(30)24-13-18-14-25-27(3)15-18)26-22(29)21(28)19-7-5-4-6-8-19/h4-8,14-17,21H,9-13H2,1-3H3,(H,24,30). The van der Waals surface area contributed by atoms with E-state index in [4.69, 9.17) is 4.98 Å². The lowest BCUT2D eigenvalue weighted by Gasteiger charge is -2.36. The van der Waals surface area contributed by atoms with Gasteiger partial charge in [-0.3, -0.25) is 14.4 Å². The van der Waals surface area contributed by atoms with Crippen LogP contribution in [0.15, 0.2) is 48.9 Å². The van der Waals surface area contributed by atoms with Crippen LogP contribution in [0.5, 0.6) is 0 Å². The van der Waals surface area contributed by atoms with Crippen molar-refractivity contribution < 1.29 is 4.79 Å². The zero-order valence-corrected chi connectivity index (χ0v) is 18.0. The summed E-state index contributed by atoms with van der Waals surface area (Å²) in [5, 5.41) is 7.10. The average molecular weight is 407 g/mol. The fourth-order valence-electron chi connectivity index (χ4n) is 3.96. The summed E-state index contributed by atoms with van der Waals surface area (Å²) in [5.41, 5.74) is 2.66. The highest BCUT2D eigenvalue weighted by Gasteiger charge is 2.31. The van der Waals surface area contributed by atoms with E-state index in [0.717, 1.165) is 37.4 Å². The number of carbonyl (C=O) groups is 1. The SMILES string of the molecule is CC(C)CCN1CCn2cc(C(=O)NCc3cnn(C)c3)nc2C1c1ccccc1. The molecule has 1 atom stereocenters. The Morgan fingerprint density at radius 2 is 2.00 bits per heavy atom. The molecule has 3 heterocycles. The summed E-state index contributed by atoms with van der Waals surface area (Å²) in [6.45, 7) is 7.77.